The minimum atomic E-state index is -0.501. The van der Waals surface area contributed by atoms with Crippen LogP contribution in [-0.4, -0.2) is 12.1 Å². The van der Waals surface area contributed by atoms with Crippen LogP contribution in [0.25, 0.3) is 11.1 Å². The third kappa shape index (κ3) is 4.30. The summed E-state index contributed by atoms with van der Waals surface area (Å²) in [7, 11) is 1.47. The SMILES string of the molecule is CCCC(c1cc(CCl)c(F)cc1-c1cc(OC)ncc1F)C(C)C. The minimum absolute atomic E-state index is 0.0815. The molecular weight excluding hydrogens is 344 g/mol. The molecule has 2 nitrogen and oxygen atoms in total. The molecule has 0 saturated carbocycles. The van der Waals surface area contributed by atoms with Crippen molar-refractivity contribution in [2.24, 2.45) is 5.92 Å². The van der Waals surface area contributed by atoms with Gasteiger partial charge in [0, 0.05) is 17.2 Å². The molecule has 0 radical (unpaired) electrons. The number of hydrogen-bond donors (Lipinski definition) is 0. The van der Waals surface area contributed by atoms with Crippen molar-refractivity contribution in [3.05, 3.63) is 47.2 Å². The van der Waals surface area contributed by atoms with Crippen molar-refractivity contribution in [2.75, 3.05) is 7.11 Å². The lowest BCUT2D eigenvalue weighted by Crippen LogP contribution is -2.10. The van der Waals surface area contributed by atoms with Gasteiger partial charge in [0.15, 0.2) is 0 Å². The second-order valence-electron chi connectivity index (χ2n) is 6.51. The second kappa shape index (κ2) is 8.61. The number of halogens is 3. The van der Waals surface area contributed by atoms with Gasteiger partial charge in [0.2, 0.25) is 5.88 Å². The smallest absolute Gasteiger partial charge is 0.213 e. The molecule has 0 N–H and O–H groups in total. The number of aromatic nitrogens is 1. The summed E-state index contributed by atoms with van der Waals surface area (Å²) in [6, 6.07) is 4.68. The van der Waals surface area contributed by atoms with Crippen LogP contribution in [0.3, 0.4) is 0 Å². The molecule has 0 aliphatic heterocycles. The maximum Gasteiger partial charge on any atom is 0.213 e. The Labute approximate surface area is 153 Å². The largest absolute Gasteiger partial charge is 0.481 e. The fraction of sp³-hybridized carbons (Fsp3) is 0.450. The van der Waals surface area contributed by atoms with E-state index in [1.165, 1.54) is 19.2 Å². The summed E-state index contributed by atoms with van der Waals surface area (Å²) in [5.74, 6) is -0.0406. The van der Waals surface area contributed by atoms with Gasteiger partial charge in [-0.05, 0) is 35.4 Å². The molecule has 0 saturated heterocycles. The van der Waals surface area contributed by atoms with Crippen LogP contribution in [0, 0.1) is 17.6 Å². The molecule has 1 aromatic heterocycles. The van der Waals surface area contributed by atoms with E-state index in [0.29, 0.717) is 28.5 Å². The number of hydrogen-bond acceptors (Lipinski definition) is 2. The zero-order valence-corrected chi connectivity index (χ0v) is 15.8. The molecule has 0 bridgehead atoms. The molecule has 0 amide bonds. The molecule has 0 aliphatic carbocycles. The molecule has 1 heterocycles. The molecule has 1 atom stereocenters. The van der Waals surface area contributed by atoms with E-state index in [4.69, 9.17) is 16.3 Å². The van der Waals surface area contributed by atoms with E-state index in [9.17, 15) is 8.78 Å². The van der Waals surface area contributed by atoms with E-state index in [1.54, 1.807) is 6.07 Å². The van der Waals surface area contributed by atoms with Crippen molar-refractivity contribution in [3.63, 3.8) is 0 Å². The van der Waals surface area contributed by atoms with E-state index < -0.39 is 11.6 Å². The predicted molar refractivity (Wildman–Crippen MR) is 98.2 cm³/mol. The molecule has 2 aromatic rings. The average Bonchev–Trinajstić information content (AvgIpc) is 2.60. The number of rotatable bonds is 7. The number of methoxy groups -OCH3 is 1. The Morgan fingerprint density at radius 1 is 1.12 bits per heavy atom. The average molecular weight is 368 g/mol. The Morgan fingerprint density at radius 3 is 2.40 bits per heavy atom. The van der Waals surface area contributed by atoms with Gasteiger partial charge in [-0.1, -0.05) is 33.3 Å². The second-order valence-corrected chi connectivity index (χ2v) is 6.78. The van der Waals surface area contributed by atoms with Gasteiger partial charge in [-0.25, -0.2) is 13.8 Å². The number of pyridine rings is 1. The van der Waals surface area contributed by atoms with Crippen LogP contribution in [0.15, 0.2) is 24.4 Å². The maximum atomic E-state index is 14.5. The first-order valence-corrected chi connectivity index (χ1v) is 9.04. The summed E-state index contributed by atoms with van der Waals surface area (Å²) in [6.07, 6.45) is 3.02. The monoisotopic (exact) mass is 367 g/mol. The van der Waals surface area contributed by atoms with Gasteiger partial charge < -0.3 is 4.74 Å². The Bertz CT molecular complexity index is 734. The molecule has 0 aliphatic rings. The molecule has 1 unspecified atom stereocenters. The van der Waals surface area contributed by atoms with Gasteiger partial charge in [0.05, 0.1) is 19.2 Å². The fourth-order valence-electron chi connectivity index (χ4n) is 3.18. The highest BCUT2D eigenvalue weighted by Crippen LogP contribution is 2.39. The van der Waals surface area contributed by atoms with Gasteiger partial charge in [-0.15, -0.1) is 11.6 Å². The number of nitrogens with zero attached hydrogens (tertiary/aromatic N) is 1. The summed E-state index contributed by atoms with van der Waals surface area (Å²) in [5, 5.41) is 0. The van der Waals surface area contributed by atoms with Crippen LogP contribution in [-0.2, 0) is 5.88 Å². The summed E-state index contributed by atoms with van der Waals surface area (Å²) < 4.78 is 34.0. The number of alkyl halides is 1. The molecule has 5 heteroatoms. The van der Waals surface area contributed by atoms with E-state index in [0.717, 1.165) is 24.6 Å². The van der Waals surface area contributed by atoms with Crippen LogP contribution in [0.2, 0.25) is 0 Å². The lowest BCUT2D eigenvalue weighted by molar-refractivity contribution is 0.396. The topological polar surface area (TPSA) is 22.1 Å². The summed E-state index contributed by atoms with van der Waals surface area (Å²) in [4.78, 5) is 3.87. The van der Waals surface area contributed by atoms with E-state index in [2.05, 4.69) is 25.8 Å². The van der Waals surface area contributed by atoms with Crippen molar-refractivity contribution in [2.45, 2.75) is 45.4 Å². The van der Waals surface area contributed by atoms with E-state index in [1.807, 2.05) is 0 Å². The van der Waals surface area contributed by atoms with Crippen LogP contribution in [0.5, 0.6) is 5.88 Å². The highest BCUT2D eigenvalue weighted by atomic mass is 35.5. The quantitative estimate of drug-likeness (QED) is 0.534. The third-order valence-electron chi connectivity index (χ3n) is 4.50. The van der Waals surface area contributed by atoms with Gasteiger partial charge in [-0.3, -0.25) is 0 Å². The Balaban J connectivity index is 2.73. The zero-order valence-electron chi connectivity index (χ0n) is 15.1. The third-order valence-corrected chi connectivity index (χ3v) is 4.78. The normalized spacial score (nSPS) is 12.5. The van der Waals surface area contributed by atoms with E-state index in [-0.39, 0.29) is 11.8 Å². The first kappa shape index (κ1) is 19.6. The first-order chi connectivity index (χ1) is 11.9. The molecule has 0 spiro atoms. The van der Waals surface area contributed by atoms with Gasteiger partial charge in [0.1, 0.15) is 11.6 Å². The van der Waals surface area contributed by atoms with Gasteiger partial charge >= 0.3 is 0 Å². The summed E-state index contributed by atoms with van der Waals surface area (Å²) >= 11 is 5.90. The molecule has 25 heavy (non-hydrogen) atoms. The summed E-state index contributed by atoms with van der Waals surface area (Å²) in [5.41, 5.74) is 2.19. The lowest BCUT2D eigenvalue weighted by Gasteiger charge is -2.25. The van der Waals surface area contributed by atoms with Crippen LogP contribution < -0.4 is 4.74 Å². The number of benzene rings is 1. The van der Waals surface area contributed by atoms with Crippen molar-refractivity contribution < 1.29 is 13.5 Å². The van der Waals surface area contributed by atoms with Gasteiger partial charge in [-0.2, -0.15) is 0 Å². The van der Waals surface area contributed by atoms with E-state index >= 15 is 0 Å². The van der Waals surface area contributed by atoms with Crippen LogP contribution >= 0.6 is 11.6 Å². The Hall–Kier alpha value is -1.68. The molecule has 1 aromatic carbocycles. The van der Waals surface area contributed by atoms with Crippen LogP contribution in [0.4, 0.5) is 8.78 Å². The van der Waals surface area contributed by atoms with Crippen molar-refractivity contribution in [1.29, 1.82) is 0 Å². The van der Waals surface area contributed by atoms with Crippen molar-refractivity contribution in [3.8, 4) is 17.0 Å². The highest BCUT2D eigenvalue weighted by Gasteiger charge is 2.23. The molecular formula is C20H24ClF2NO. The van der Waals surface area contributed by atoms with Crippen LogP contribution in [0.1, 0.15) is 50.7 Å². The minimum Gasteiger partial charge on any atom is -0.481 e. The number of ether oxygens (including phenoxy) is 1. The molecule has 0 fully saturated rings. The van der Waals surface area contributed by atoms with Crippen molar-refractivity contribution >= 4 is 11.6 Å². The van der Waals surface area contributed by atoms with Gasteiger partial charge in [0.25, 0.3) is 0 Å². The van der Waals surface area contributed by atoms with Crippen molar-refractivity contribution in [1.82, 2.24) is 4.98 Å². The Morgan fingerprint density at radius 2 is 1.84 bits per heavy atom. The first-order valence-electron chi connectivity index (χ1n) is 8.51. The standard InChI is InChI=1S/C20H24ClF2NO/c1-5-6-14(12(2)3)15-7-13(10-21)18(22)8-16(15)17-9-20(25-4)24-11-19(17)23/h7-9,11-12,14H,5-6,10H2,1-4H3. The predicted octanol–water partition coefficient (Wildman–Crippen LogP) is 6.31. The lowest BCUT2D eigenvalue weighted by atomic mass is 9.80. The highest BCUT2D eigenvalue weighted by molar-refractivity contribution is 6.17. The Kier molecular flexibility index (Phi) is 6.77. The zero-order chi connectivity index (χ0) is 18.6. The fourth-order valence-corrected chi connectivity index (χ4v) is 3.38. The molecule has 2 rings (SSSR count). The maximum absolute atomic E-state index is 14.5. The summed E-state index contributed by atoms with van der Waals surface area (Å²) in [6.45, 7) is 6.35. The molecule has 136 valence electrons.